The number of carbonyl (C=O) groups excluding carboxylic acids is 2. The van der Waals surface area contributed by atoms with Crippen LogP contribution in [0, 0.1) is 0 Å². The molecule has 2 aromatic rings. The van der Waals surface area contributed by atoms with Crippen molar-refractivity contribution in [3.63, 3.8) is 0 Å². The van der Waals surface area contributed by atoms with Gasteiger partial charge in [0.15, 0.2) is 0 Å². The van der Waals surface area contributed by atoms with Gasteiger partial charge in [0.1, 0.15) is 5.75 Å². The molecule has 1 aliphatic rings. The fourth-order valence-corrected chi connectivity index (χ4v) is 3.33. The van der Waals surface area contributed by atoms with E-state index in [1.54, 1.807) is 36.1 Å². The zero-order chi connectivity index (χ0) is 18.7. The van der Waals surface area contributed by atoms with Crippen LogP contribution < -0.4 is 9.64 Å². The molecule has 1 saturated heterocycles. The van der Waals surface area contributed by atoms with Crippen LogP contribution in [0.2, 0.25) is 0 Å². The van der Waals surface area contributed by atoms with Crippen molar-refractivity contribution < 1.29 is 14.3 Å². The van der Waals surface area contributed by atoms with Gasteiger partial charge in [-0.2, -0.15) is 0 Å². The highest BCUT2D eigenvalue weighted by atomic mass is 16.5. The number of benzene rings is 2. The van der Waals surface area contributed by atoms with E-state index in [-0.39, 0.29) is 17.9 Å². The molecule has 5 nitrogen and oxygen atoms in total. The summed E-state index contributed by atoms with van der Waals surface area (Å²) in [6, 6.07) is 14.9. The van der Waals surface area contributed by atoms with Crippen LogP contribution in [0.5, 0.6) is 5.75 Å². The first kappa shape index (κ1) is 18.0. The summed E-state index contributed by atoms with van der Waals surface area (Å²) in [6.45, 7) is 2.69. The number of amides is 2. The van der Waals surface area contributed by atoms with Gasteiger partial charge in [-0.05, 0) is 37.6 Å². The fourth-order valence-electron chi connectivity index (χ4n) is 3.33. The van der Waals surface area contributed by atoms with Gasteiger partial charge in [-0.1, -0.05) is 24.3 Å². The number of carbonyl (C=O) groups is 2. The van der Waals surface area contributed by atoms with E-state index in [0.29, 0.717) is 18.5 Å². The second-order valence-electron chi connectivity index (χ2n) is 6.53. The van der Waals surface area contributed by atoms with Gasteiger partial charge in [0.05, 0.1) is 13.2 Å². The number of ether oxygens (including phenoxy) is 1. The van der Waals surface area contributed by atoms with Crippen molar-refractivity contribution in [1.29, 1.82) is 0 Å². The molecule has 0 N–H and O–H groups in total. The predicted octanol–water partition coefficient (Wildman–Crippen LogP) is 3.66. The van der Waals surface area contributed by atoms with E-state index in [9.17, 15) is 9.59 Å². The van der Waals surface area contributed by atoms with Gasteiger partial charge in [0, 0.05) is 36.8 Å². The summed E-state index contributed by atoms with van der Waals surface area (Å²) >= 11 is 0. The normalized spacial score (nSPS) is 15.0. The minimum absolute atomic E-state index is 0.0862. The van der Waals surface area contributed by atoms with Gasteiger partial charge in [-0.3, -0.25) is 9.59 Å². The lowest BCUT2D eigenvalue weighted by Gasteiger charge is -2.27. The molecular formula is C21H24N2O3. The number of hydrogen-bond acceptors (Lipinski definition) is 3. The van der Waals surface area contributed by atoms with Crippen molar-refractivity contribution in [2.75, 3.05) is 25.6 Å². The molecule has 1 aliphatic heterocycles. The van der Waals surface area contributed by atoms with E-state index in [2.05, 4.69) is 0 Å². The van der Waals surface area contributed by atoms with E-state index in [4.69, 9.17) is 4.74 Å². The van der Waals surface area contributed by atoms with E-state index in [1.807, 2.05) is 43.3 Å². The molecule has 1 fully saturated rings. The quantitative estimate of drug-likeness (QED) is 0.825. The Kier molecular flexibility index (Phi) is 5.26. The molecule has 0 radical (unpaired) electrons. The lowest BCUT2D eigenvalue weighted by Crippen LogP contribution is -2.30. The van der Waals surface area contributed by atoms with Crippen molar-refractivity contribution >= 4 is 17.5 Å². The van der Waals surface area contributed by atoms with Crippen molar-refractivity contribution in [2.45, 2.75) is 25.8 Å². The fraction of sp³-hybridized carbons (Fsp3) is 0.333. The summed E-state index contributed by atoms with van der Waals surface area (Å²) in [5.41, 5.74) is 2.32. The third kappa shape index (κ3) is 3.43. The Balaban J connectivity index is 1.83. The van der Waals surface area contributed by atoms with Crippen molar-refractivity contribution in [3.8, 4) is 5.75 Å². The first-order valence-corrected chi connectivity index (χ1v) is 8.83. The topological polar surface area (TPSA) is 49.9 Å². The van der Waals surface area contributed by atoms with E-state index >= 15 is 0 Å². The van der Waals surface area contributed by atoms with Crippen molar-refractivity contribution in [1.82, 2.24) is 4.90 Å². The van der Waals surface area contributed by atoms with E-state index in [1.165, 1.54) is 0 Å². The molecule has 2 aromatic carbocycles. The zero-order valence-corrected chi connectivity index (χ0v) is 15.4. The minimum atomic E-state index is -0.143. The van der Waals surface area contributed by atoms with Crippen LogP contribution in [-0.4, -0.2) is 37.4 Å². The number of nitrogens with zero attached hydrogens (tertiary/aromatic N) is 2. The molecule has 2 amide bonds. The first-order valence-electron chi connectivity index (χ1n) is 8.83. The van der Waals surface area contributed by atoms with Crippen LogP contribution in [-0.2, 0) is 4.79 Å². The summed E-state index contributed by atoms with van der Waals surface area (Å²) in [7, 11) is 3.41. The second kappa shape index (κ2) is 7.60. The molecule has 1 unspecified atom stereocenters. The predicted molar refractivity (Wildman–Crippen MR) is 102 cm³/mol. The Morgan fingerprint density at radius 1 is 1.19 bits per heavy atom. The average Bonchev–Trinajstić information content (AvgIpc) is 3.12. The third-order valence-electron chi connectivity index (χ3n) is 4.97. The number of methoxy groups -OCH3 is 1. The molecule has 1 atom stereocenters. The van der Waals surface area contributed by atoms with Gasteiger partial charge < -0.3 is 14.5 Å². The van der Waals surface area contributed by atoms with Crippen molar-refractivity contribution in [3.05, 3.63) is 59.7 Å². The molecule has 1 heterocycles. The Bertz CT molecular complexity index is 818. The van der Waals surface area contributed by atoms with E-state index in [0.717, 1.165) is 23.4 Å². The van der Waals surface area contributed by atoms with Crippen LogP contribution in [0.4, 0.5) is 5.69 Å². The summed E-state index contributed by atoms with van der Waals surface area (Å²) < 4.78 is 5.42. The second-order valence-corrected chi connectivity index (χ2v) is 6.53. The highest BCUT2D eigenvalue weighted by molar-refractivity contribution is 5.99. The molecule has 0 bridgehead atoms. The molecule has 0 aromatic heterocycles. The van der Waals surface area contributed by atoms with Gasteiger partial charge >= 0.3 is 0 Å². The zero-order valence-electron chi connectivity index (χ0n) is 15.4. The molecule has 3 rings (SSSR count). The maximum atomic E-state index is 13.0. The number of para-hydroxylation sites is 1. The Hall–Kier alpha value is -2.82. The van der Waals surface area contributed by atoms with Crippen LogP contribution in [0.25, 0.3) is 0 Å². The molecule has 26 heavy (non-hydrogen) atoms. The standard InChI is InChI=1S/C21H24N2O3/c1-15(18-10-4-5-11-19(18)26-3)22(2)21(25)16-8-6-9-17(14-16)23-13-7-12-20(23)24/h4-6,8-11,14-15H,7,12-13H2,1-3H3. The molecule has 0 aliphatic carbocycles. The lowest BCUT2D eigenvalue weighted by molar-refractivity contribution is -0.117. The van der Waals surface area contributed by atoms with E-state index < -0.39 is 0 Å². The van der Waals surface area contributed by atoms with Gasteiger partial charge in [0.25, 0.3) is 5.91 Å². The SMILES string of the molecule is COc1ccccc1C(C)N(C)C(=O)c1cccc(N2CCCC2=O)c1. The van der Waals surface area contributed by atoms with Crippen LogP contribution in [0.3, 0.4) is 0 Å². The summed E-state index contributed by atoms with van der Waals surface area (Å²) in [5, 5.41) is 0. The number of anilines is 1. The smallest absolute Gasteiger partial charge is 0.254 e. The lowest BCUT2D eigenvalue weighted by atomic mass is 10.0. The Morgan fingerprint density at radius 2 is 1.96 bits per heavy atom. The summed E-state index contributed by atoms with van der Waals surface area (Å²) in [6.07, 6.45) is 1.44. The Labute approximate surface area is 154 Å². The summed E-state index contributed by atoms with van der Waals surface area (Å²) in [5.74, 6) is 0.790. The third-order valence-corrected chi connectivity index (χ3v) is 4.97. The maximum absolute atomic E-state index is 13.0. The van der Waals surface area contributed by atoms with Gasteiger partial charge in [0.2, 0.25) is 5.91 Å². The maximum Gasteiger partial charge on any atom is 0.254 e. The van der Waals surface area contributed by atoms with Gasteiger partial charge in [-0.15, -0.1) is 0 Å². The largest absolute Gasteiger partial charge is 0.496 e. The van der Waals surface area contributed by atoms with Gasteiger partial charge in [-0.25, -0.2) is 0 Å². The van der Waals surface area contributed by atoms with Crippen LogP contribution >= 0.6 is 0 Å². The molecule has 0 spiro atoms. The van der Waals surface area contributed by atoms with Crippen molar-refractivity contribution in [2.24, 2.45) is 0 Å². The van der Waals surface area contributed by atoms with Crippen LogP contribution in [0.15, 0.2) is 48.5 Å². The van der Waals surface area contributed by atoms with Crippen LogP contribution in [0.1, 0.15) is 41.7 Å². The molecule has 136 valence electrons. The average molecular weight is 352 g/mol. The molecule has 5 heteroatoms. The highest BCUT2D eigenvalue weighted by Gasteiger charge is 2.24. The monoisotopic (exact) mass is 352 g/mol. The number of rotatable bonds is 5. The minimum Gasteiger partial charge on any atom is -0.496 e. The molecular weight excluding hydrogens is 328 g/mol. The Morgan fingerprint density at radius 3 is 2.65 bits per heavy atom. The molecule has 0 saturated carbocycles. The number of hydrogen-bond donors (Lipinski definition) is 0. The first-order chi connectivity index (χ1) is 12.5. The summed E-state index contributed by atoms with van der Waals surface area (Å²) in [4.78, 5) is 28.4. The highest BCUT2D eigenvalue weighted by Crippen LogP contribution is 2.29.